The van der Waals surface area contributed by atoms with Crippen LogP contribution < -0.4 is 5.32 Å². The van der Waals surface area contributed by atoms with Gasteiger partial charge in [0, 0.05) is 29.7 Å². The molecule has 3 aromatic rings. The van der Waals surface area contributed by atoms with E-state index < -0.39 is 22.3 Å². The largest absolute Gasteiger partial charge is 0.502 e. The van der Waals surface area contributed by atoms with Crippen LogP contribution in [0, 0.1) is 21.4 Å². The van der Waals surface area contributed by atoms with Crippen LogP contribution >= 0.6 is 0 Å². The standard InChI is InChI=1S/C20H16N4O4/c21-11-15(9-13-5-6-19(25)18(10-13)24(27)28)20(26)22-8-7-14-12-23-17-4-2-1-3-16(14)17/h1-6,9-10,12,23,25H,7-8H2,(H,22,26)/b15-9-. The Hall–Kier alpha value is -4.12. The molecular weight excluding hydrogens is 360 g/mol. The molecule has 8 heteroatoms. The lowest BCUT2D eigenvalue weighted by molar-refractivity contribution is -0.385. The molecule has 3 rings (SSSR count). The van der Waals surface area contributed by atoms with E-state index in [1.165, 1.54) is 12.1 Å². The number of aromatic nitrogens is 1. The molecule has 0 aliphatic carbocycles. The number of carbonyl (C=O) groups excluding carboxylic acids is 1. The summed E-state index contributed by atoms with van der Waals surface area (Å²) < 4.78 is 0. The summed E-state index contributed by atoms with van der Waals surface area (Å²) in [6.45, 7) is 0.329. The van der Waals surface area contributed by atoms with Crippen LogP contribution in [0.2, 0.25) is 0 Å². The van der Waals surface area contributed by atoms with Crippen molar-refractivity contribution in [3.05, 3.63) is 75.5 Å². The molecule has 0 radical (unpaired) electrons. The minimum Gasteiger partial charge on any atom is -0.502 e. The van der Waals surface area contributed by atoms with Gasteiger partial charge in [0.1, 0.15) is 11.6 Å². The Morgan fingerprint density at radius 2 is 2.11 bits per heavy atom. The third kappa shape index (κ3) is 3.99. The summed E-state index contributed by atoms with van der Waals surface area (Å²) in [4.78, 5) is 25.6. The summed E-state index contributed by atoms with van der Waals surface area (Å²) in [5.74, 6) is -1.05. The highest BCUT2D eigenvalue weighted by Gasteiger charge is 2.15. The molecule has 140 valence electrons. The maximum Gasteiger partial charge on any atom is 0.311 e. The van der Waals surface area contributed by atoms with Crippen LogP contribution in [0.3, 0.4) is 0 Å². The highest BCUT2D eigenvalue weighted by atomic mass is 16.6. The molecule has 0 saturated heterocycles. The number of aromatic amines is 1. The second-order valence-corrected chi connectivity index (χ2v) is 6.04. The summed E-state index contributed by atoms with van der Waals surface area (Å²) >= 11 is 0. The van der Waals surface area contributed by atoms with E-state index in [0.29, 0.717) is 13.0 Å². The molecule has 1 heterocycles. The van der Waals surface area contributed by atoms with Gasteiger partial charge in [-0.25, -0.2) is 0 Å². The molecule has 0 bridgehead atoms. The van der Waals surface area contributed by atoms with Crippen molar-refractivity contribution < 1.29 is 14.8 Å². The molecule has 8 nitrogen and oxygen atoms in total. The Labute approximate surface area is 159 Å². The number of fused-ring (bicyclic) bond motifs is 1. The van der Waals surface area contributed by atoms with E-state index in [9.17, 15) is 25.3 Å². The number of rotatable bonds is 6. The van der Waals surface area contributed by atoms with E-state index >= 15 is 0 Å². The van der Waals surface area contributed by atoms with Crippen LogP contribution in [0.1, 0.15) is 11.1 Å². The predicted molar refractivity (Wildman–Crippen MR) is 103 cm³/mol. The number of H-pyrrole nitrogens is 1. The minimum absolute atomic E-state index is 0.182. The Bertz CT molecular complexity index is 1120. The molecule has 0 aliphatic rings. The van der Waals surface area contributed by atoms with Gasteiger partial charge in [0.05, 0.1) is 4.92 Å². The number of carbonyl (C=O) groups is 1. The second-order valence-electron chi connectivity index (χ2n) is 6.04. The van der Waals surface area contributed by atoms with Crippen molar-refractivity contribution in [1.29, 1.82) is 5.26 Å². The van der Waals surface area contributed by atoms with Gasteiger partial charge >= 0.3 is 5.69 Å². The monoisotopic (exact) mass is 376 g/mol. The molecule has 3 N–H and O–H groups in total. The number of para-hydroxylation sites is 1. The van der Waals surface area contributed by atoms with Gasteiger partial charge in [0.25, 0.3) is 5.91 Å². The fraction of sp³-hybridized carbons (Fsp3) is 0.100. The zero-order valence-corrected chi connectivity index (χ0v) is 14.7. The van der Waals surface area contributed by atoms with Crippen LogP contribution in [-0.2, 0) is 11.2 Å². The van der Waals surface area contributed by atoms with Crippen molar-refractivity contribution in [2.45, 2.75) is 6.42 Å². The molecule has 0 aliphatic heterocycles. The summed E-state index contributed by atoms with van der Waals surface area (Å²) in [6, 6.07) is 13.3. The normalized spacial score (nSPS) is 11.2. The summed E-state index contributed by atoms with van der Waals surface area (Å²) in [6.07, 6.45) is 3.71. The number of nitriles is 1. The maximum atomic E-state index is 12.3. The highest BCUT2D eigenvalue weighted by molar-refractivity contribution is 6.01. The lowest BCUT2D eigenvalue weighted by Crippen LogP contribution is -2.26. The zero-order valence-electron chi connectivity index (χ0n) is 14.7. The van der Waals surface area contributed by atoms with Crippen molar-refractivity contribution in [3.8, 4) is 11.8 Å². The van der Waals surface area contributed by atoms with Gasteiger partial charge in [0.15, 0.2) is 5.75 Å². The van der Waals surface area contributed by atoms with Crippen LogP contribution in [0.5, 0.6) is 5.75 Å². The van der Waals surface area contributed by atoms with Gasteiger partial charge in [-0.05, 0) is 35.8 Å². The molecule has 28 heavy (non-hydrogen) atoms. The predicted octanol–water partition coefficient (Wildman–Crippen LogP) is 3.05. The first kappa shape index (κ1) is 18.7. The second kappa shape index (κ2) is 8.05. The number of amides is 1. The number of phenolic OH excluding ortho intramolecular Hbond substituents is 1. The molecule has 0 saturated carbocycles. The van der Waals surface area contributed by atoms with Crippen molar-refractivity contribution >= 4 is 28.6 Å². The number of nitro groups is 1. The summed E-state index contributed by atoms with van der Waals surface area (Å²) in [5, 5.41) is 33.4. The molecule has 1 aromatic heterocycles. The van der Waals surface area contributed by atoms with Crippen LogP contribution in [-0.4, -0.2) is 27.5 Å². The first-order valence-electron chi connectivity index (χ1n) is 8.42. The molecule has 2 aromatic carbocycles. The van der Waals surface area contributed by atoms with E-state index in [-0.39, 0.29) is 11.1 Å². The number of nitro benzene ring substituents is 1. The van der Waals surface area contributed by atoms with Gasteiger partial charge in [0.2, 0.25) is 0 Å². The molecule has 1 amide bonds. The van der Waals surface area contributed by atoms with Gasteiger partial charge in [-0.2, -0.15) is 5.26 Å². The number of benzene rings is 2. The number of hydrogen-bond acceptors (Lipinski definition) is 5. The van der Waals surface area contributed by atoms with Crippen LogP contribution in [0.15, 0.2) is 54.2 Å². The molecule has 0 atom stereocenters. The number of phenols is 1. The maximum absolute atomic E-state index is 12.3. The number of aromatic hydroxyl groups is 1. The van der Waals surface area contributed by atoms with Gasteiger partial charge in [-0.1, -0.05) is 24.3 Å². The number of nitrogens with one attached hydrogen (secondary N) is 2. The van der Waals surface area contributed by atoms with Gasteiger partial charge < -0.3 is 15.4 Å². The molecular formula is C20H16N4O4. The zero-order chi connectivity index (χ0) is 20.1. The van der Waals surface area contributed by atoms with E-state index in [0.717, 1.165) is 28.6 Å². The topological polar surface area (TPSA) is 132 Å². The SMILES string of the molecule is N#C/C(=C/c1ccc(O)c([N+](=O)[O-])c1)C(=O)NCCc1c[nH]c2ccccc12. The number of nitrogens with zero attached hydrogens (tertiary/aromatic N) is 2. The highest BCUT2D eigenvalue weighted by Crippen LogP contribution is 2.27. The first-order chi connectivity index (χ1) is 13.5. The van der Waals surface area contributed by atoms with Gasteiger partial charge in [-0.3, -0.25) is 14.9 Å². The average Bonchev–Trinajstić information content (AvgIpc) is 3.10. The first-order valence-corrected chi connectivity index (χ1v) is 8.42. The van der Waals surface area contributed by atoms with E-state index in [2.05, 4.69) is 10.3 Å². The van der Waals surface area contributed by atoms with E-state index in [1.807, 2.05) is 30.5 Å². The summed E-state index contributed by atoms with van der Waals surface area (Å²) in [5.41, 5.74) is 1.65. The number of hydrogen-bond donors (Lipinski definition) is 3. The van der Waals surface area contributed by atoms with Gasteiger partial charge in [-0.15, -0.1) is 0 Å². The fourth-order valence-corrected chi connectivity index (χ4v) is 2.84. The van der Waals surface area contributed by atoms with E-state index in [1.54, 1.807) is 6.07 Å². The van der Waals surface area contributed by atoms with Crippen molar-refractivity contribution in [3.63, 3.8) is 0 Å². The van der Waals surface area contributed by atoms with Crippen molar-refractivity contribution in [2.75, 3.05) is 6.54 Å². The smallest absolute Gasteiger partial charge is 0.311 e. The van der Waals surface area contributed by atoms with Crippen molar-refractivity contribution in [2.24, 2.45) is 0 Å². The third-order valence-corrected chi connectivity index (χ3v) is 4.23. The van der Waals surface area contributed by atoms with Crippen LogP contribution in [0.4, 0.5) is 5.69 Å². The Kier molecular flexibility index (Phi) is 5.37. The lowest BCUT2D eigenvalue weighted by Gasteiger charge is -2.04. The Balaban J connectivity index is 1.68. The van der Waals surface area contributed by atoms with Crippen molar-refractivity contribution in [1.82, 2.24) is 10.3 Å². The fourth-order valence-electron chi connectivity index (χ4n) is 2.84. The molecule has 0 fully saturated rings. The lowest BCUT2D eigenvalue weighted by atomic mass is 10.1. The van der Waals surface area contributed by atoms with E-state index in [4.69, 9.17) is 0 Å². The average molecular weight is 376 g/mol. The molecule has 0 spiro atoms. The summed E-state index contributed by atoms with van der Waals surface area (Å²) in [7, 11) is 0. The Morgan fingerprint density at radius 1 is 1.32 bits per heavy atom. The molecule has 0 unspecified atom stereocenters. The quantitative estimate of drug-likeness (QED) is 0.263. The minimum atomic E-state index is -0.736. The third-order valence-electron chi connectivity index (χ3n) is 4.23. The van der Waals surface area contributed by atoms with Crippen LogP contribution in [0.25, 0.3) is 17.0 Å². The Morgan fingerprint density at radius 3 is 2.86 bits per heavy atom.